The number of rotatable bonds is 5. The molecule has 142 valence electrons. The molecule has 1 amide bonds. The molecule has 0 aliphatic carbocycles. The van der Waals surface area contributed by atoms with Crippen LogP contribution >= 0.6 is 24.8 Å². The van der Waals surface area contributed by atoms with E-state index in [0.717, 1.165) is 57.4 Å². The van der Waals surface area contributed by atoms with Gasteiger partial charge in [-0.2, -0.15) is 0 Å². The van der Waals surface area contributed by atoms with Gasteiger partial charge in [-0.3, -0.25) is 4.79 Å². The quantitative estimate of drug-likeness (QED) is 0.835. The molecule has 2 aliphatic rings. The van der Waals surface area contributed by atoms with Gasteiger partial charge < -0.3 is 15.1 Å². The first kappa shape index (κ1) is 22.1. The van der Waals surface area contributed by atoms with E-state index in [1.54, 1.807) is 0 Å². The molecule has 1 N–H and O–H groups in total. The number of benzene rings is 1. The number of halogens is 2. The molecule has 2 fully saturated rings. The van der Waals surface area contributed by atoms with Gasteiger partial charge in [0.15, 0.2) is 0 Å². The van der Waals surface area contributed by atoms with E-state index in [4.69, 9.17) is 0 Å². The lowest BCUT2D eigenvalue weighted by molar-refractivity contribution is 0.0680. The maximum absolute atomic E-state index is 13.0. The second kappa shape index (κ2) is 10.2. The monoisotopic (exact) mass is 387 g/mol. The molecule has 3 rings (SSSR count). The number of carbonyl (C=O) groups excluding carboxylic acids is 1. The third-order valence-electron chi connectivity index (χ3n) is 5.24. The molecule has 2 aliphatic heterocycles. The second-order valence-corrected chi connectivity index (χ2v) is 6.72. The highest BCUT2D eigenvalue weighted by atomic mass is 35.5. The van der Waals surface area contributed by atoms with Crippen molar-refractivity contribution in [2.24, 2.45) is 0 Å². The minimum atomic E-state index is 0. The molecule has 2 atom stereocenters. The van der Waals surface area contributed by atoms with Crippen molar-refractivity contribution in [3.05, 3.63) is 29.8 Å². The van der Waals surface area contributed by atoms with Gasteiger partial charge in [0.25, 0.3) is 5.91 Å². The summed E-state index contributed by atoms with van der Waals surface area (Å²) in [5.41, 5.74) is 2.05. The summed E-state index contributed by atoms with van der Waals surface area (Å²) < 4.78 is 0. The molecule has 0 radical (unpaired) electrons. The number of hydrogen-bond acceptors (Lipinski definition) is 3. The topological polar surface area (TPSA) is 35.6 Å². The Bertz CT molecular complexity index is 524. The van der Waals surface area contributed by atoms with Crippen molar-refractivity contribution in [1.82, 2.24) is 10.2 Å². The molecule has 4 nitrogen and oxygen atoms in total. The molecule has 0 spiro atoms. The van der Waals surface area contributed by atoms with Crippen molar-refractivity contribution in [2.75, 3.05) is 31.1 Å². The average molecular weight is 388 g/mol. The largest absolute Gasteiger partial charge is 0.372 e. The molecule has 0 saturated carbocycles. The number of fused-ring (bicyclic) bond motifs is 2. The Labute approximate surface area is 164 Å². The Balaban J connectivity index is 0.00000156. The zero-order chi connectivity index (χ0) is 16.2. The van der Waals surface area contributed by atoms with Gasteiger partial charge in [-0.05, 0) is 63.4 Å². The van der Waals surface area contributed by atoms with E-state index in [1.165, 1.54) is 5.69 Å². The van der Waals surface area contributed by atoms with Gasteiger partial charge in [-0.1, -0.05) is 6.92 Å². The summed E-state index contributed by atoms with van der Waals surface area (Å²) >= 11 is 0. The average Bonchev–Trinajstić information content (AvgIpc) is 2.85. The smallest absolute Gasteiger partial charge is 0.254 e. The minimum absolute atomic E-state index is 0. The van der Waals surface area contributed by atoms with Crippen LogP contribution in [0.15, 0.2) is 24.3 Å². The van der Waals surface area contributed by atoms with Crippen LogP contribution in [0.25, 0.3) is 0 Å². The maximum atomic E-state index is 13.0. The van der Waals surface area contributed by atoms with Gasteiger partial charge in [0, 0.05) is 43.0 Å². The van der Waals surface area contributed by atoms with E-state index in [-0.39, 0.29) is 30.7 Å². The standard InChI is InChI=1S/C19H29N3O.2ClH/c1-3-13-21(4-2)16-7-5-15(6-8-16)19(23)22-17-9-10-18(22)14-20-12-11-17;;/h5-8,17-18,20H,3-4,9-14H2,1-2H3;2*1H. The Morgan fingerprint density at radius 2 is 1.80 bits per heavy atom. The third kappa shape index (κ3) is 4.81. The SMILES string of the molecule is CCCN(CC)c1ccc(C(=O)N2C3CCNCC2CC3)cc1.Cl.Cl. The normalized spacial score (nSPS) is 21.8. The molecule has 2 unspecified atom stereocenters. The summed E-state index contributed by atoms with van der Waals surface area (Å²) in [5, 5.41) is 3.46. The van der Waals surface area contributed by atoms with E-state index in [1.807, 2.05) is 12.1 Å². The van der Waals surface area contributed by atoms with Crippen molar-refractivity contribution in [3.8, 4) is 0 Å². The van der Waals surface area contributed by atoms with Crippen LogP contribution in [0.3, 0.4) is 0 Å². The van der Waals surface area contributed by atoms with E-state index in [2.05, 4.69) is 41.1 Å². The van der Waals surface area contributed by atoms with Crippen LogP contribution in [0.5, 0.6) is 0 Å². The van der Waals surface area contributed by atoms with Crippen molar-refractivity contribution < 1.29 is 4.79 Å². The fourth-order valence-electron chi connectivity index (χ4n) is 4.02. The van der Waals surface area contributed by atoms with Gasteiger partial charge in [0.1, 0.15) is 0 Å². The maximum Gasteiger partial charge on any atom is 0.254 e. The molecular formula is C19H31Cl2N3O. The highest BCUT2D eigenvalue weighted by Gasteiger charge is 2.38. The summed E-state index contributed by atoms with van der Waals surface area (Å²) in [7, 11) is 0. The molecule has 6 heteroatoms. The molecule has 1 aromatic carbocycles. The van der Waals surface area contributed by atoms with Crippen LogP contribution in [-0.2, 0) is 0 Å². The molecular weight excluding hydrogens is 357 g/mol. The highest BCUT2D eigenvalue weighted by Crippen LogP contribution is 2.30. The van der Waals surface area contributed by atoms with E-state index in [9.17, 15) is 4.79 Å². The molecule has 1 aromatic rings. The van der Waals surface area contributed by atoms with Gasteiger partial charge in [-0.15, -0.1) is 24.8 Å². The van der Waals surface area contributed by atoms with Crippen molar-refractivity contribution in [3.63, 3.8) is 0 Å². The first-order valence-corrected chi connectivity index (χ1v) is 9.13. The highest BCUT2D eigenvalue weighted by molar-refractivity contribution is 5.95. The van der Waals surface area contributed by atoms with Crippen molar-refractivity contribution >= 4 is 36.4 Å². The number of carbonyl (C=O) groups is 1. The van der Waals surface area contributed by atoms with Crippen LogP contribution in [-0.4, -0.2) is 49.1 Å². The van der Waals surface area contributed by atoms with Crippen molar-refractivity contribution in [1.29, 1.82) is 0 Å². The van der Waals surface area contributed by atoms with E-state index < -0.39 is 0 Å². The first-order chi connectivity index (χ1) is 11.2. The lowest BCUT2D eigenvalue weighted by Gasteiger charge is -2.28. The minimum Gasteiger partial charge on any atom is -0.372 e. The number of anilines is 1. The van der Waals surface area contributed by atoms with Crippen LogP contribution in [0.4, 0.5) is 5.69 Å². The predicted molar refractivity (Wildman–Crippen MR) is 110 cm³/mol. The van der Waals surface area contributed by atoms with Crippen LogP contribution in [0, 0.1) is 0 Å². The summed E-state index contributed by atoms with van der Waals surface area (Å²) in [5.74, 6) is 0.214. The Kier molecular flexibility index (Phi) is 9.04. The Morgan fingerprint density at radius 3 is 2.44 bits per heavy atom. The Morgan fingerprint density at radius 1 is 1.12 bits per heavy atom. The van der Waals surface area contributed by atoms with Crippen LogP contribution < -0.4 is 10.2 Å². The summed E-state index contributed by atoms with van der Waals surface area (Å²) in [4.78, 5) is 17.5. The fourth-order valence-corrected chi connectivity index (χ4v) is 4.02. The van der Waals surface area contributed by atoms with Crippen molar-refractivity contribution in [2.45, 2.75) is 51.6 Å². The van der Waals surface area contributed by atoms with Gasteiger partial charge in [-0.25, -0.2) is 0 Å². The second-order valence-electron chi connectivity index (χ2n) is 6.72. The van der Waals surface area contributed by atoms with E-state index in [0.29, 0.717) is 12.1 Å². The lowest BCUT2D eigenvalue weighted by Crippen LogP contribution is -2.42. The van der Waals surface area contributed by atoms with Crippen LogP contribution in [0.2, 0.25) is 0 Å². The Hall–Kier alpha value is -0.970. The molecule has 0 aromatic heterocycles. The summed E-state index contributed by atoms with van der Waals surface area (Å²) in [6.07, 6.45) is 4.52. The number of nitrogens with one attached hydrogen (secondary N) is 1. The van der Waals surface area contributed by atoms with Gasteiger partial charge >= 0.3 is 0 Å². The van der Waals surface area contributed by atoms with Gasteiger partial charge in [0.05, 0.1) is 0 Å². The molecule has 25 heavy (non-hydrogen) atoms. The van der Waals surface area contributed by atoms with Crippen LogP contribution in [0.1, 0.15) is 49.9 Å². The number of nitrogens with zero attached hydrogens (tertiary/aromatic N) is 2. The summed E-state index contributed by atoms with van der Waals surface area (Å²) in [6, 6.07) is 9.02. The third-order valence-corrected chi connectivity index (χ3v) is 5.24. The predicted octanol–water partition coefficient (Wildman–Crippen LogP) is 3.73. The fraction of sp³-hybridized carbons (Fsp3) is 0.632. The zero-order valence-electron chi connectivity index (χ0n) is 15.2. The van der Waals surface area contributed by atoms with E-state index >= 15 is 0 Å². The lowest BCUT2D eigenvalue weighted by atomic mass is 10.1. The number of amides is 1. The first-order valence-electron chi connectivity index (χ1n) is 9.13. The molecule has 2 heterocycles. The van der Waals surface area contributed by atoms with Gasteiger partial charge in [0.2, 0.25) is 0 Å². The molecule has 2 saturated heterocycles. The summed E-state index contributed by atoms with van der Waals surface area (Å²) in [6.45, 7) is 8.42. The molecule has 2 bridgehead atoms. The zero-order valence-corrected chi connectivity index (χ0v) is 16.9. The number of hydrogen-bond donors (Lipinski definition) is 1.